The first kappa shape index (κ1) is 6.66. The molecule has 1 rings (SSSR count). The molecule has 1 heteroatoms. The highest BCUT2D eigenvalue weighted by molar-refractivity contribution is 5.11. The lowest BCUT2D eigenvalue weighted by atomic mass is 9.89. The molecule has 0 aromatic rings. The van der Waals surface area contributed by atoms with Gasteiger partial charge in [-0.2, -0.15) is 0 Å². The topological polar surface area (TPSA) is 26.0 Å². The van der Waals surface area contributed by atoms with Gasteiger partial charge in [0.25, 0.3) is 0 Å². The molecule has 0 heterocycles. The number of rotatable bonds is 0. The van der Waals surface area contributed by atoms with Gasteiger partial charge in [-0.25, -0.2) is 0 Å². The van der Waals surface area contributed by atoms with Crippen LogP contribution in [0.1, 0.15) is 33.1 Å². The molecular weight excluding hydrogens is 110 g/mol. The Balaban J connectivity index is 2.61. The molecule has 0 amide bonds. The van der Waals surface area contributed by atoms with Crippen molar-refractivity contribution < 1.29 is 0 Å². The molecule has 0 spiro atoms. The second kappa shape index (κ2) is 2.42. The number of hydrogen-bond donors (Lipinski definition) is 1. The van der Waals surface area contributed by atoms with E-state index >= 15 is 0 Å². The van der Waals surface area contributed by atoms with E-state index in [-0.39, 0.29) is 0 Å². The monoisotopic (exact) mass is 125 g/mol. The van der Waals surface area contributed by atoms with Crippen LogP contribution in [0.3, 0.4) is 0 Å². The molecule has 1 unspecified atom stereocenters. The third-order valence-corrected chi connectivity index (χ3v) is 2.11. The molecule has 2 N–H and O–H groups in total. The molecule has 1 aliphatic carbocycles. The van der Waals surface area contributed by atoms with Gasteiger partial charge < -0.3 is 5.73 Å². The van der Waals surface area contributed by atoms with Crippen LogP contribution in [0.15, 0.2) is 11.3 Å². The van der Waals surface area contributed by atoms with Gasteiger partial charge in [0.2, 0.25) is 0 Å². The summed E-state index contributed by atoms with van der Waals surface area (Å²) in [5.74, 6) is 0.859. The Kier molecular flexibility index (Phi) is 1.79. The van der Waals surface area contributed by atoms with E-state index < -0.39 is 0 Å². The summed E-state index contributed by atoms with van der Waals surface area (Å²) in [6.07, 6.45) is 3.61. The third kappa shape index (κ3) is 1.47. The molecular formula is C8H15N. The second-order valence-electron chi connectivity index (χ2n) is 3.15. The van der Waals surface area contributed by atoms with E-state index in [4.69, 9.17) is 5.73 Å². The van der Waals surface area contributed by atoms with Crippen LogP contribution in [0.2, 0.25) is 0 Å². The van der Waals surface area contributed by atoms with Crippen molar-refractivity contribution in [2.45, 2.75) is 33.1 Å². The first-order chi connectivity index (χ1) is 4.20. The molecule has 0 bridgehead atoms. The molecule has 0 radical (unpaired) electrons. The summed E-state index contributed by atoms with van der Waals surface area (Å²) in [6.45, 7) is 4.43. The Morgan fingerprint density at radius 2 is 2.22 bits per heavy atom. The van der Waals surface area contributed by atoms with Crippen LogP contribution in [0, 0.1) is 5.92 Å². The summed E-state index contributed by atoms with van der Waals surface area (Å²) in [5, 5.41) is 0. The maximum atomic E-state index is 5.72. The third-order valence-electron chi connectivity index (χ3n) is 2.11. The summed E-state index contributed by atoms with van der Waals surface area (Å²) >= 11 is 0. The summed E-state index contributed by atoms with van der Waals surface area (Å²) in [7, 11) is 0. The zero-order valence-electron chi connectivity index (χ0n) is 6.28. The fourth-order valence-corrected chi connectivity index (χ4v) is 1.37. The highest BCUT2D eigenvalue weighted by Gasteiger charge is 2.11. The van der Waals surface area contributed by atoms with Crippen molar-refractivity contribution in [3.8, 4) is 0 Å². The van der Waals surface area contributed by atoms with Crippen molar-refractivity contribution in [2.24, 2.45) is 11.7 Å². The first-order valence-electron chi connectivity index (χ1n) is 3.64. The van der Waals surface area contributed by atoms with E-state index in [1.165, 1.54) is 18.4 Å². The lowest BCUT2D eigenvalue weighted by Gasteiger charge is -2.19. The van der Waals surface area contributed by atoms with Crippen LogP contribution in [-0.2, 0) is 0 Å². The normalized spacial score (nSPS) is 28.9. The Labute approximate surface area is 56.9 Å². The van der Waals surface area contributed by atoms with Gasteiger partial charge in [-0.05, 0) is 32.1 Å². The predicted octanol–water partition coefficient (Wildman–Crippen LogP) is 2.04. The van der Waals surface area contributed by atoms with Crippen molar-refractivity contribution in [3.05, 3.63) is 11.3 Å². The van der Waals surface area contributed by atoms with Crippen molar-refractivity contribution in [2.75, 3.05) is 0 Å². The quantitative estimate of drug-likeness (QED) is 0.526. The van der Waals surface area contributed by atoms with Gasteiger partial charge in [0.15, 0.2) is 0 Å². The highest BCUT2D eigenvalue weighted by Crippen LogP contribution is 2.25. The van der Waals surface area contributed by atoms with Gasteiger partial charge in [0.05, 0.1) is 0 Å². The predicted molar refractivity (Wildman–Crippen MR) is 39.9 cm³/mol. The van der Waals surface area contributed by atoms with Gasteiger partial charge in [0, 0.05) is 5.70 Å². The standard InChI is InChI=1S/C8H15N/c1-6-3-4-8(9)7(2)5-6/h6H,3-5,9H2,1-2H3. The highest BCUT2D eigenvalue weighted by atomic mass is 14.6. The minimum Gasteiger partial charge on any atom is -0.402 e. The van der Waals surface area contributed by atoms with Crippen molar-refractivity contribution >= 4 is 0 Å². The molecule has 0 fully saturated rings. The largest absolute Gasteiger partial charge is 0.402 e. The summed E-state index contributed by atoms with van der Waals surface area (Å²) in [6, 6.07) is 0. The molecule has 0 saturated carbocycles. The molecule has 0 aromatic carbocycles. The van der Waals surface area contributed by atoms with Crippen LogP contribution in [-0.4, -0.2) is 0 Å². The van der Waals surface area contributed by atoms with Crippen LogP contribution in [0.4, 0.5) is 0 Å². The molecule has 1 aliphatic rings. The van der Waals surface area contributed by atoms with E-state index in [0.717, 1.165) is 18.0 Å². The van der Waals surface area contributed by atoms with Gasteiger partial charge in [-0.3, -0.25) is 0 Å². The fourth-order valence-electron chi connectivity index (χ4n) is 1.37. The Bertz CT molecular complexity index is 136. The number of hydrogen-bond acceptors (Lipinski definition) is 1. The minimum absolute atomic E-state index is 0.859. The minimum atomic E-state index is 0.859. The number of nitrogens with two attached hydrogens (primary N) is 1. The van der Waals surface area contributed by atoms with Gasteiger partial charge in [0.1, 0.15) is 0 Å². The molecule has 1 atom stereocenters. The number of allylic oxidation sites excluding steroid dienone is 2. The maximum Gasteiger partial charge on any atom is 0.00697 e. The van der Waals surface area contributed by atoms with E-state index in [1.54, 1.807) is 0 Å². The van der Waals surface area contributed by atoms with E-state index in [2.05, 4.69) is 13.8 Å². The van der Waals surface area contributed by atoms with E-state index in [1.807, 2.05) is 0 Å². The van der Waals surface area contributed by atoms with E-state index in [0.29, 0.717) is 0 Å². The Morgan fingerprint density at radius 1 is 1.56 bits per heavy atom. The summed E-state index contributed by atoms with van der Waals surface area (Å²) in [4.78, 5) is 0. The second-order valence-corrected chi connectivity index (χ2v) is 3.15. The molecule has 9 heavy (non-hydrogen) atoms. The Hall–Kier alpha value is -0.460. The van der Waals surface area contributed by atoms with Gasteiger partial charge >= 0.3 is 0 Å². The first-order valence-corrected chi connectivity index (χ1v) is 3.64. The summed E-state index contributed by atoms with van der Waals surface area (Å²) < 4.78 is 0. The molecule has 0 aromatic heterocycles. The molecule has 1 nitrogen and oxygen atoms in total. The summed E-state index contributed by atoms with van der Waals surface area (Å²) in [5.41, 5.74) is 8.26. The zero-order valence-corrected chi connectivity index (χ0v) is 6.28. The van der Waals surface area contributed by atoms with Crippen LogP contribution in [0.5, 0.6) is 0 Å². The van der Waals surface area contributed by atoms with Crippen molar-refractivity contribution in [3.63, 3.8) is 0 Å². The lowest BCUT2D eigenvalue weighted by Crippen LogP contribution is -2.11. The van der Waals surface area contributed by atoms with Crippen LogP contribution >= 0.6 is 0 Å². The van der Waals surface area contributed by atoms with Crippen LogP contribution in [0.25, 0.3) is 0 Å². The SMILES string of the molecule is CC1=C(N)CCC(C)C1. The molecule has 52 valence electrons. The van der Waals surface area contributed by atoms with Gasteiger partial charge in [-0.15, -0.1) is 0 Å². The maximum absolute atomic E-state index is 5.72. The molecule has 0 aliphatic heterocycles. The van der Waals surface area contributed by atoms with Crippen LogP contribution < -0.4 is 5.73 Å². The van der Waals surface area contributed by atoms with Gasteiger partial charge in [-0.1, -0.05) is 12.5 Å². The van der Waals surface area contributed by atoms with E-state index in [9.17, 15) is 0 Å². The Morgan fingerprint density at radius 3 is 2.67 bits per heavy atom. The average Bonchev–Trinajstić information content (AvgIpc) is 1.80. The average molecular weight is 125 g/mol. The fraction of sp³-hybridized carbons (Fsp3) is 0.750. The zero-order chi connectivity index (χ0) is 6.85. The smallest absolute Gasteiger partial charge is 0.00697 e. The van der Waals surface area contributed by atoms with Crippen molar-refractivity contribution in [1.82, 2.24) is 0 Å². The molecule has 0 saturated heterocycles. The lowest BCUT2D eigenvalue weighted by molar-refractivity contribution is 0.494. The van der Waals surface area contributed by atoms with Crippen molar-refractivity contribution in [1.29, 1.82) is 0 Å².